The van der Waals surface area contributed by atoms with Crippen LogP contribution in [0.4, 0.5) is 0 Å². The highest BCUT2D eigenvalue weighted by molar-refractivity contribution is 7.90. The van der Waals surface area contributed by atoms with Gasteiger partial charge in [-0.2, -0.15) is 8.42 Å². The van der Waals surface area contributed by atoms with Crippen molar-refractivity contribution in [3.8, 4) is 0 Å². The maximum atomic E-state index is 12.1. The fourth-order valence-electron chi connectivity index (χ4n) is 1.71. The molecule has 1 aromatic carbocycles. The van der Waals surface area contributed by atoms with E-state index in [0.29, 0.717) is 0 Å². The molecule has 0 heterocycles. The summed E-state index contributed by atoms with van der Waals surface area (Å²) in [5.41, 5.74) is 1.19. The smallest absolute Gasteiger partial charge is 0.283 e. The van der Waals surface area contributed by atoms with Gasteiger partial charge in [-0.3, -0.25) is 0 Å². The molecule has 5 heteroatoms. The van der Waals surface area contributed by atoms with Crippen molar-refractivity contribution in [2.75, 3.05) is 14.1 Å². The summed E-state index contributed by atoms with van der Waals surface area (Å²) in [6.45, 7) is 6.50. The first-order valence-corrected chi connectivity index (χ1v) is 8.16. The van der Waals surface area contributed by atoms with Gasteiger partial charge in [-0.25, -0.2) is 0 Å². The van der Waals surface area contributed by atoms with Gasteiger partial charge in [0.2, 0.25) is 0 Å². The molecule has 0 saturated heterocycles. The Kier molecular flexibility index (Phi) is 5.34. The fraction of sp³-hybridized carbons (Fsp3) is 0.533. The third-order valence-electron chi connectivity index (χ3n) is 3.25. The van der Waals surface area contributed by atoms with Crippen LogP contribution in [0.2, 0.25) is 0 Å². The lowest BCUT2D eigenvalue weighted by Gasteiger charge is -2.22. The van der Waals surface area contributed by atoms with Gasteiger partial charge in [0.05, 0.1) is 4.90 Å². The van der Waals surface area contributed by atoms with Crippen molar-refractivity contribution >= 4 is 16.4 Å². The number of hydrogen-bond donors (Lipinski definition) is 0. The van der Waals surface area contributed by atoms with Gasteiger partial charge in [0.15, 0.2) is 0 Å². The van der Waals surface area contributed by atoms with E-state index in [1.165, 1.54) is 6.34 Å². The highest BCUT2D eigenvalue weighted by Gasteiger charge is 2.18. The van der Waals surface area contributed by atoms with Crippen LogP contribution in [0.3, 0.4) is 0 Å². The molecular formula is C15H24N2O2S. The second-order valence-electron chi connectivity index (χ2n) is 6.00. The molecule has 1 aromatic rings. The molecule has 0 aromatic heterocycles. The zero-order valence-corrected chi connectivity index (χ0v) is 13.7. The maximum Gasteiger partial charge on any atom is 0.283 e. The van der Waals surface area contributed by atoms with Crippen molar-refractivity contribution in [2.24, 2.45) is 9.81 Å². The Balaban J connectivity index is 3.05. The third kappa shape index (κ3) is 4.96. The Morgan fingerprint density at radius 3 is 2.50 bits per heavy atom. The van der Waals surface area contributed by atoms with E-state index < -0.39 is 10.0 Å². The van der Waals surface area contributed by atoms with Crippen molar-refractivity contribution < 1.29 is 8.42 Å². The molecular weight excluding hydrogens is 272 g/mol. The van der Waals surface area contributed by atoms with E-state index in [1.54, 1.807) is 37.2 Å². The van der Waals surface area contributed by atoms with Crippen molar-refractivity contribution in [3.05, 3.63) is 29.8 Å². The number of benzene rings is 1. The average molecular weight is 296 g/mol. The average Bonchev–Trinajstić information content (AvgIpc) is 2.36. The lowest BCUT2D eigenvalue weighted by atomic mass is 9.83. The van der Waals surface area contributed by atoms with Crippen LogP contribution in [0, 0.1) is 5.41 Å². The van der Waals surface area contributed by atoms with Gasteiger partial charge in [0, 0.05) is 14.1 Å². The topological polar surface area (TPSA) is 49.7 Å². The predicted molar refractivity (Wildman–Crippen MR) is 83.6 cm³/mol. The highest BCUT2D eigenvalue weighted by Crippen LogP contribution is 2.26. The summed E-state index contributed by atoms with van der Waals surface area (Å²) < 4.78 is 27.9. The summed E-state index contributed by atoms with van der Waals surface area (Å²) >= 11 is 0. The lowest BCUT2D eigenvalue weighted by Crippen LogP contribution is -2.14. The normalized spacial score (nSPS) is 12.8. The fourth-order valence-corrected chi connectivity index (χ4v) is 2.70. The number of nitrogens with zero attached hydrogens (tertiary/aromatic N) is 2. The second-order valence-corrected chi connectivity index (χ2v) is 7.63. The highest BCUT2D eigenvalue weighted by atomic mass is 32.2. The molecule has 0 atom stereocenters. The zero-order chi connectivity index (χ0) is 15.4. The monoisotopic (exact) mass is 296 g/mol. The minimum absolute atomic E-state index is 0.162. The second kappa shape index (κ2) is 6.39. The minimum atomic E-state index is -3.61. The van der Waals surface area contributed by atoms with Crippen LogP contribution in [0.1, 0.15) is 32.8 Å². The molecule has 0 N–H and O–H groups in total. The van der Waals surface area contributed by atoms with E-state index >= 15 is 0 Å². The van der Waals surface area contributed by atoms with Gasteiger partial charge >= 0.3 is 0 Å². The van der Waals surface area contributed by atoms with Crippen molar-refractivity contribution in [3.63, 3.8) is 0 Å². The molecule has 0 unspecified atom stereocenters. The summed E-state index contributed by atoms with van der Waals surface area (Å²) in [5.74, 6) is 0. The number of hydrogen-bond acceptors (Lipinski definition) is 2. The van der Waals surface area contributed by atoms with E-state index in [1.807, 2.05) is 6.07 Å². The van der Waals surface area contributed by atoms with Crippen LogP contribution in [-0.4, -0.2) is 33.8 Å². The standard InChI is InChI=1S/C15H24N2O2S/c1-6-15(2,3)11-13-8-7-9-14(10-13)20(18,19)16-12-17(4)5/h7-10,12H,6,11H2,1-5H3/b16-12+. The van der Waals surface area contributed by atoms with E-state index in [4.69, 9.17) is 0 Å². The van der Waals surface area contributed by atoms with E-state index in [2.05, 4.69) is 25.2 Å². The van der Waals surface area contributed by atoms with Crippen molar-refractivity contribution in [2.45, 2.75) is 38.5 Å². The Morgan fingerprint density at radius 2 is 1.95 bits per heavy atom. The van der Waals surface area contributed by atoms with Crippen LogP contribution in [0.15, 0.2) is 33.6 Å². The molecule has 0 bridgehead atoms. The summed E-state index contributed by atoms with van der Waals surface area (Å²) in [4.78, 5) is 1.85. The van der Waals surface area contributed by atoms with Gasteiger partial charge in [-0.15, -0.1) is 4.40 Å². The molecule has 0 saturated carbocycles. The lowest BCUT2D eigenvalue weighted by molar-refractivity contribution is 0.349. The SMILES string of the molecule is CCC(C)(C)Cc1cccc(S(=O)(=O)/N=C/N(C)C)c1. The first-order chi connectivity index (χ1) is 9.16. The molecule has 0 spiro atoms. The molecule has 0 aliphatic heterocycles. The first kappa shape index (κ1) is 16.7. The van der Waals surface area contributed by atoms with Crippen LogP contribution in [0.5, 0.6) is 0 Å². The molecule has 1 rings (SSSR count). The molecule has 0 aliphatic rings. The van der Waals surface area contributed by atoms with Gasteiger partial charge in [-0.1, -0.05) is 39.3 Å². The summed E-state index contributed by atoms with van der Waals surface area (Å²) in [5, 5.41) is 0. The quantitative estimate of drug-likeness (QED) is 0.599. The van der Waals surface area contributed by atoms with Crippen molar-refractivity contribution in [1.29, 1.82) is 0 Å². The molecule has 20 heavy (non-hydrogen) atoms. The molecule has 0 amide bonds. The van der Waals surface area contributed by atoms with Gasteiger partial charge in [-0.05, 0) is 29.5 Å². The minimum Gasteiger partial charge on any atom is -0.368 e. The Bertz CT molecular complexity index is 575. The van der Waals surface area contributed by atoms with Crippen LogP contribution >= 0.6 is 0 Å². The number of rotatable bonds is 6. The molecule has 112 valence electrons. The Morgan fingerprint density at radius 1 is 1.30 bits per heavy atom. The summed E-state index contributed by atoms with van der Waals surface area (Å²) in [6.07, 6.45) is 3.20. The van der Waals surface area contributed by atoms with Gasteiger partial charge in [0.25, 0.3) is 10.0 Å². The molecule has 0 radical (unpaired) electrons. The Hall–Kier alpha value is -1.36. The maximum absolute atomic E-state index is 12.1. The van der Waals surface area contributed by atoms with E-state index in [-0.39, 0.29) is 10.3 Å². The van der Waals surface area contributed by atoms with Gasteiger partial charge in [0.1, 0.15) is 6.34 Å². The summed E-state index contributed by atoms with van der Waals surface area (Å²) in [7, 11) is -0.142. The molecule has 0 aliphatic carbocycles. The first-order valence-electron chi connectivity index (χ1n) is 6.72. The molecule has 0 fully saturated rings. The Labute approximate surface area is 122 Å². The predicted octanol–water partition coefficient (Wildman–Crippen LogP) is 2.94. The third-order valence-corrected chi connectivity index (χ3v) is 4.47. The number of sulfonamides is 1. The van der Waals surface area contributed by atoms with Crippen molar-refractivity contribution in [1.82, 2.24) is 4.90 Å². The summed E-state index contributed by atoms with van der Waals surface area (Å²) in [6, 6.07) is 7.05. The van der Waals surface area contributed by atoms with Crippen LogP contribution in [-0.2, 0) is 16.4 Å². The van der Waals surface area contributed by atoms with E-state index in [9.17, 15) is 8.42 Å². The zero-order valence-electron chi connectivity index (χ0n) is 12.9. The largest absolute Gasteiger partial charge is 0.368 e. The van der Waals surface area contributed by atoms with E-state index in [0.717, 1.165) is 18.4 Å². The van der Waals surface area contributed by atoms with Crippen LogP contribution < -0.4 is 0 Å². The molecule has 4 nitrogen and oxygen atoms in total. The van der Waals surface area contributed by atoms with Crippen LogP contribution in [0.25, 0.3) is 0 Å². The van der Waals surface area contributed by atoms with Gasteiger partial charge < -0.3 is 4.90 Å².